The van der Waals surface area contributed by atoms with E-state index in [1.54, 1.807) is 12.1 Å². The Balaban J connectivity index is 1.65. The standard InChI is InChI=1S/C20H26N2O3S/c1-15-5-4-6-18(11-15)22-10-9-17(14-22)13-21-26(23,24)20-12-16(2)7-8-19(20)25-3/h4-8,11-12,17,21H,9-10,13-14H2,1-3H3. The second-order valence-corrected chi connectivity index (χ2v) is 8.68. The van der Waals surface area contributed by atoms with Gasteiger partial charge in [0.25, 0.3) is 0 Å². The minimum Gasteiger partial charge on any atom is -0.495 e. The van der Waals surface area contributed by atoms with Gasteiger partial charge in [0.1, 0.15) is 10.6 Å². The smallest absolute Gasteiger partial charge is 0.244 e. The van der Waals surface area contributed by atoms with E-state index >= 15 is 0 Å². The summed E-state index contributed by atoms with van der Waals surface area (Å²) in [7, 11) is -2.11. The number of aryl methyl sites for hydroxylation is 2. The lowest BCUT2D eigenvalue weighted by molar-refractivity contribution is 0.402. The molecule has 1 atom stereocenters. The van der Waals surface area contributed by atoms with Crippen LogP contribution < -0.4 is 14.4 Å². The summed E-state index contributed by atoms with van der Waals surface area (Å²) in [5.74, 6) is 0.664. The van der Waals surface area contributed by atoms with Crippen LogP contribution in [0.5, 0.6) is 5.75 Å². The van der Waals surface area contributed by atoms with Gasteiger partial charge >= 0.3 is 0 Å². The molecule has 0 aromatic heterocycles. The molecule has 5 nitrogen and oxygen atoms in total. The van der Waals surface area contributed by atoms with Crippen LogP contribution in [0, 0.1) is 19.8 Å². The zero-order chi connectivity index (χ0) is 18.7. The van der Waals surface area contributed by atoms with Crippen molar-refractivity contribution in [3.63, 3.8) is 0 Å². The van der Waals surface area contributed by atoms with Gasteiger partial charge in [0, 0.05) is 25.3 Å². The zero-order valence-electron chi connectivity index (χ0n) is 15.5. The van der Waals surface area contributed by atoms with Crippen LogP contribution in [-0.2, 0) is 10.0 Å². The van der Waals surface area contributed by atoms with E-state index in [2.05, 4.69) is 40.8 Å². The molecule has 1 heterocycles. The fourth-order valence-corrected chi connectivity index (χ4v) is 4.73. The summed E-state index contributed by atoms with van der Waals surface area (Å²) in [6.07, 6.45) is 0.974. The number of sulfonamides is 1. The van der Waals surface area contributed by atoms with Crippen molar-refractivity contribution in [1.82, 2.24) is 4.72 Å². The maximum atomic E-state index is 12.7. The summed E-state index contributed by atoms with van der Waals surface area (Å²) < 4.78 is 33.4. The Morgan fingerprint density at radius 3 is 2.65 bits per heavy atom. The van der Waals surface area contributed by atoms with Crippen LogP contribution in [0.25, 0.3) is 0 Å². The molecule has 26 heavy (non-hydrogen) atoms. The van der Waals surface area contributed by atoms with Gasteiger partial charge in [-0.25, -0.2) is 13.1 Å². The summed E-state index contributed by atoms with van der Waals surface area (Å²) in [4.78, 5) is 2.52. The molecule has 3 rings (SSSR count). The Morgan fingerprint density at radius 1 is 1.15 bits per heavy atom. The van der Waals surface area contributed by atoms with E-state index in [0.29, 0.717) is 18.2 Å². The van der Waals surface area contributed by atoms with Gasteiger partial charge in [-0.1, -0.05) is 18.2 Å². The number of anilines is 1. The molecule has 0 radical (unpaired) electrons. The maximum Gasteiger partial charge on any atom is 0.244 e. The Hall–Kier alpha value is -2.05. The minimum absolute atomic E-state index is 0.202. The number of methoxy groups -OCH3 is 1. The van der Waals surface area contributed by atoms with Crippen LogP contribution in [0.2, 0.25) is 0 Å². The van der Waals surface area contributed by atoms with Crippen molar-refractivity contribution in [2.45, 2.75) is 25.2 Å². The quantitative estimate of drug-likeness (QED) is 0.844. The largest absolute Gasteiger partial charge is 0.495 e. The number of nitrogens with zero attached hydrogens (tertiary/aromatic N) is 1. The molecule has 2 aromatic rings. The lowest BCUT2D eigenvalue weighted by Crippen LogP contribution is -2.31. The van der Waals surface area contributed by atoms with Crippen molar-refractivity contribution < 1.29 is 13.2 Å². The van der Waals surface area contributed by atoms with Crippen LogP contribution in [0.1, 0.15) is 17.5 Å². The number of hydrogen-bond acceptors (Lipinski definition) is 4. The maximum absolute atomic E-state index is 12.7. The minimum atomic E-state index is -3.60. The van der Waals surface area contributed by atoms with Crippen LogP contribution in [0.15, 0.2) is 47.4 Å². The van der Waals surface area contributed by atoms with Gasteiger partial charge < -0.3 is 9.64 Å². The fraction of sp³-hybridized carbons (Fsp3) is 0.400. The average Bonchev–Trinajstić information content (AvgIpc) is 3.09. The highest BCUT2D eigenvalue weighted by Crippen LogP contribution is 2.27. The molecule has 1 aliphatic rings. The van der Waals surface area contributed by atoms with Gasteiger partial charge in [-0.15, -0.1) is 0 Å². The summed E-state index contributed by atoms with van der Waals surface area (Å²) in [6, 6.07) is 13.6. The molecular formula is C20H26N2O3S. The zero-order valence-corrected chi connectivity index (χ0v) is 16.3. The predicted molar refractivity (Wildman–Crippen MR) is 104 cm³/mol. The van der Waals surface area contributed by atoms with E-state index in [4.69, 9.17) is 4.74 Å². The lowest BCUT2D eigenvalue weighted by atomic mass is 10.1. The SMILES string of the molecule is COc1ccc(C)cc1S(=O)(=O)NCC1CCN(c2cccc(C)c2)C1. The number of hydrogen-bond donors (Lipinski definition) is 1. The highest BCUT2D eigenvalue weighted by molar-refractivity contribution is 7.89. The summed E-state index contributed by atoms with van der Waals surface area (Å²) >= 11 is 0. The second kappa shape index (κ2) is 7.68. The highest BCUT2D eigenvalue weighted by Gasteiger charge is 2.26. The summed E-state index contributed by atoms with van der Waals surface area (Å²) in [6.45, 7) is 6.19. The first-order valence-electron chi connectivity index (χ1n) is 8.85. The van der Waals surface area contributed by atoms with E-state index in [1.165, 1.54) is 18.4 Å². The number of rotatable bonds is 6. The average molecular weight is 375 g/mol. The predicted octanol–water partition coefficient (Wildman–Crippen LogP) is 3.12. The second-order valence-electron chi connectivity index (χ2n) is 6.95. The summed E-state index contributed by atoms with van der Waals surface area (Å²) in [5.41, 5.74) is 3.33. The Labute approximate surface area is 156 Å². The van der Waals surface area contributed by atoms with Gasteiger partial charge in [-0.3, -0.25) is 0 Å². The molecule has 0 bridgehead atoms. The fourth-order valence-electron chi connectivity index (χ4n) is 3.36. The highest BCUT2D eigenvalue weighted by atomic mass is 32.2. The third kappa shape index (κ3) is 4.19. The van der Waals surface area contributed by atoms with E-state index in [-0.39, 0.29) is 4.90 Å². The van der Waals surface area contributed by atoms with Gasteiger partial charge in [-0.2, -0.15) is 0 Å². The third-order valence-electron chi connectivity index (χ3n) is 4.82. The van der Waals surface area contributed by atoms with Crippen molar-refractivity contribution in [2.24, 2.45) is 5.92 Å². The molecule has 0 spiro atoms. The van der Waals surface area contributed by atoms with Crippen LogP contribution in [0.3, 0.4) is 0 Å². The first-order chi connectivity index (χ1) is 12.4. The van der Waals surface area contributed by atoms with Crippen LogP contribution >= 0.6 is 0 Å². The van der Waals surface area contributed by atoms with E-state index in [0.717, 1.165) is 25.1 Å². The molecule has 1 saturated heterocycles. The molecule has 0 saturated carbocycles. The molecule has 1 fully saturated rings. The molecule has 1 N–H and O–H groups in total. The van der Waals surface area contributed by atoms with Gasteiger partial charge in [-0.05, 0) is 61.6 Å². The lowest BCUT2D eigenvalue weighted by Gasteiger charge is -2.19. The van der Waals surface area contributed by atoms with Gasteiger partial charge in [0.15, 0.2) is 0 Å². The van der Waals surface area contributed by atoms with Gasteiger partial charge in [0.2, 0.25) is 10.0 Å². The molecule has 0 amide bonds. The van der Waals surface area contributed by atoms with E-state index < -0.39 is 10.0 Å². The van der Waals surface area contributed by atoms with Crippen molar-refractivity contribution in [3.05, 3.63) is 53.6 Å². The molecular weight excluding hydrogens is 348 g/mol. The third-order valence-corrected chi connectivity index (χ3v) is 6.27. The van der Waals surface area contributed by atoms with Gasteiger partial charge in [0.05, 0.1) is 7.11 Å². The molecule has 1 unspecified atom stereocenters. The first-order valence-corrected chi connectivity index (χ1v) is 10.3. The van der Waals surface area contributed by atoms with Crippen molar-refractivity contribution in [3.8, 4) is 5.75 Å². The topological polar surface area (TPSA) is 58.6 Å². The van der Waals surface area contributed by atoms with Crippen LogP contribution in [0.4, 0.5) is 5.69 Å². The first kappa shape index (κ1) is 18.7. The van der Waals surface area contributed by atoms with Crippen molar-refractivity contribution >= 4 is 15.7 Å². The Morgan fingerprint density at radius 2 is 1.92 bits per heavy atom. The molecule has 2 aromatic carbocycles. The summed E-state index contributed by atoms with van der Waals surface area (Å²) in [5, 5.41) is 0. The molecule has 1 aliphatic heterocycles. The van der Waals surface area contributed by atoms with Crippen LogP contribution in [-0.4, -0.2) is 35.2 Å². The Bertz CT molecular complexity index is 880. The normalized spacial score (nSPS) is 17.5. The number of benzene rings is 2. The molecule has 6 heteroatoms. The molecule has 140 valence electrons. The number of nitrogens with one attached hydrogen (secondary N) is 1. The molecule has 0 aliphatic carbocycles. The monoisotopic (exact) mass is 374 g/mol. The van der Waals surface area contributed by atoms with Crippen molar-refractivity contribution in [1.29, 1.82) is 0 Å². The number of ether oxygens (including phenoxy) is 1. The van der Waals surface area contributed by atoms with E-state index in [9.17, 15) is 8.42 Å². The Kier molecular flexibility index (Phi) is 5.53. The van der Waals surface area contributed by atoms with Crippen molar-refractivity contribution in [2.75, 3.05) is 31.6 Å². The van der Waals surface area contributed by atoms with E-state index in [1.807, 2.05) is 13.0 Å².